The fourth-order valence-electron chi connectivity index (χ4n) is 2.26. The zero-order valence-electron chi connectivity index (χ0n) is 12.0. The van der Waals surface area contributed by atoms with Gasteiger partial charge in [0.25, 0.3) is 0 Å². The van der Waals surface area contributed by atoms with E-state index < -0.39 is 35.5 Å². The van der Waals surface area contributed by atoms with E-state index in [0.717, 1.165) is 6.42 Å². The van der Waals surface area contributed by atoms with Gasteiger partial charge in [0.05, 0.1) is 0 Å². The van der Waals surface area contributed by atoms with Crippen molar-refractivity contribution in [1.29, 1.82) is 0 Å². The lowest BCUT2D eigenvalue weighted by molar-refractivity contribution is -0.161. The van der Waals surface area contributed by atoms with Crippen LogP contribution in [-0.2, 0) is 23.9 Å². The summed E-state index contributed by atoms with van der Waals surface area (Å²) in [5.74, 6) is -4.03. The lowest BCUT2D eigenvalue weighted by atomic mass is 9.83. The van der Waals surface area contributed by atoms with Crippen LogP contribution in [0.1, 0.15) is 40.0 Å². The summed E-state index contributed by atoms with van der Waals surface area (Å²) >= 11 is 0. The highest BCUT2D eigenvalue weighted by molar-refractivity contribution is 5.93. The van der Waals surface area contributed by atoms with Crippen LogP contribution in [0, 0.1) is 5.92 Å². The molecular formula is C14H20O6. The Morgan fingerprint density at radius 3 is 2.55 bits per heavy atom. The number of carbonyl (C=O) groups is 3. The van der Waals surface area contributed by atoms with Gasteiger partial charge in [-0.1, -0.05) is 19.9 Å². The van der Waals surface area contributed by atoms with Crippen LogP contribution in [-0.4, -0.2) is 34.7 Å². The number of hydrogen-bond donors (Lipinski definition) is 1. The minimum absolute atomic E-state index is 0.101. The van der Waals surface area contributed by atoms with E-state index in [-0.39, 0.29) is 5.57 Å². The van der Waals surface area contributed by atoms with Gasteiger partial charge < -0.3 is 14.6 Å². The molecule has 0 bridgehead atoms. The summed E-state index contributed by atoms with van der Waals surface area (Å²) in [6, 6.07) is 0. The number of esters is 2. The average Bonchev–Trinajstić information content (AvgIpc) is 2.58. The number of ether oxygens (including phenoxy) is 2. The monoisotopic (exact) mass is 284 g/mol. The van der Waals surface area contributed by atoms with Crippen LogP contribution >= 0.6 is 0 Å². The number of carboxylic acid groups (broad SMARTS) is 1. The minimum Gasteiger partial charge on any atom is -0.481 e. The van der Waals surface area contributed by atoms with E-state index in [1.807, 2.05) is 6.92 Å². The summed E-state index contributed by atoms with van der Waals surface area (Å²) < 4.78 is 10.1. The van der Waals surface area contributed by atoms with Gasteiger partial charge in [-0.3, -0.25) is 4.79 Å². The molecule has 3 atom stereocenters. The molecule has 6 heteroatoms. The van der Waals surface area contributed by atoms with Gasteiger partial charge in [0.2, 0.25) is 6.10 Å². The lowest BCUT2D eigenvalue weighted by Crippen LogP contribution is -2.42. The second kappa shape index (κ2) is 6.07. The van der Waals surface area contributed by atoms with Gasteiger partial charge in [0, 0.05) is 5.57 Å². The van der Waals surface area contributed by atoms with Crippen molar-refractivity contribution in [3.8, 4) is 0 Å². The third kappa shape index (κ3) is 3.18. The van der Waals surface area contributed by atoms with Crippen molar-refractivity contribution in [2.75, 3.05) is 0 Å². The fraction of sp³-hybridized carbons (Fsp3) is 0.643. The molecule has 1 rings (SSSR count). The Bertz CT molecular complexity index is 441. The molecule has 1 N–H and O–H groups in total. The first kappa shape index (κ1) is 16.2. The highest BCUT2D eigenvalue weighted by Gasteiger charge is 2.58. The third-order valence-electron chi connectivity index (χ3n) is 3.40. The van der Waals surface area contributed by atoms with Crippen molar-refractivity contribution in [1.82, 2.24) is 0 Å². The van der Waals surface area contributed by atoms with Gasteiger partial charge in [-0.05, 0) is 26.7 Å². The first-order valence-electron chi connectivity index (χ1n) is 6.55. The number of aliphatic carboxylic acids is 1. The number of rotatable bonds is 6. The summed E-state index contributed by atoms with van der Waals surface area (Å²) in [6.07, 6.45) is 0.552. The van der Waals surface area contributed by atoms with Crippen molar-refractivity contribution in [2.45, 2.75) is 51.7 Å². The molecule has 0 saturated carbocycles. The SMILES string of the molecule is C=C(C)C(=O)OC1C(=O)OC(C)(CCCC)C1C(=O)O. The Morgan fingerprint density at radius 1 is 1.50 bits per heavy atom. The standard InChI is InChI=1S/C14H20O6/c1-5-6-7-14(4)9(11(15)16)10(13(18)20-14)19-12(17)8(2)3/h9-10H,2,5-7H2,1,3-4H3,(H,15,16). The van der Waals surface area contributed by atoms with Crippen LogP contribution < -0.4 is 0 Å². The van der Waals surface area contributed by atoms with Crippen LogP contribution in [0.5, 0.6) is 0 Å². The van der Waals surface area contributed by atoms with Crippen LogP contribution in [0.15, 0.2) is 12.2 Å². The van der Waals surface area contributed by atoms with Crippen LogP contribution in [0.25, 0.3) is 0 Å². The number of carboxylic acids is 1. The van der Waals surface area contributed by atoms with Gasteiger partial charge >= 0.3 is 17.9 Å². The van der Waals surface area contributed by atoms with Crippen LogP contribution in [0.3, 0.4) is 0 Å². The summed E-state index contributed by atoms with van der Waals surface area (Å²) in [6.45, 7) is 8.35. The first-order valence-corrected chi connectivity index (χ1v) is 6.55. The Balaban J connectivity index is 2.99. The molecule has 0 spiro atoms. The van der Waals surface area contributed by atoms with Crippen molar-refractivity contribution in [2.24, 2.45) is 5.92 Å². The molecule has 1 aliphatic heterocycles. The summed E-state index contributed by atoms with van der Waals surface area (Å²) in [5, 5.41) is 9.34. The molecule has 0 radical (unpaired) electrons. The molecular weight excluding hydrogens is 264 g/mol. The Morgan fingerprint density at radius 2 is 2.10 bits per heavy atom. The molecule has 3 unspecified atom stereocenters. The highest BCUT2D eigenvalue weighted by Crippen LogP contribution is 2.39. The van der Waals surface area contributed by atoms with Gasteiger partial charge in [-0.2, -0.15) is 0 Å². The van der Waals surface area contributed by atoms with Crippen LogP contribution in [0.2, 0.25) is 0 Å². The predicted molar refractivity (Wildman–Crippen MR) is 69.8 cm³/mol. The zero-order chi connectivity index (χ0) is 15.5. The molecule has 1 fully saturated rings. The maximum atomic E-state index is 11.8. The van der Waals surface area contributed by atoms with Crippen molar-refractivity contribution in [3.05, 3.63) is 12.2 Å². The summed E-state index contributed by atoms with van der Waals surface area (Å²) in [7, 11) is 0. The second-order valence-electron chi connectivity index (χ2n) is 5.26. The molecule has 1 heterocycles. The number of cyclic esters (lactones) is 1. The van der Waals surface area contributed by atoms with Crippen molar-refractivity contribution in [3.63, 3.8) is 0 Å². The molecule has 1 saturated heterocycles. The third-order valence-corrected chi connectivity index (χ3v) is 3.40. The molecule has 0 aromatic heterocycles. The van der Waals surface area contributed by atoms with E-state index in [1.54, 1.807) is 6.92 Å². The molecule has 6 nitrogen and oxygen atoms in total. The normalized spacial score (nSPS) is 28.9. The minimum atomic E-state index is -1.42. The lowest BCUT2D eigenvalue weighted by Gasteiger charge is -2.27. The highest BCUT2D eigenvalue weighted by atomic mass is 16.6. The summed E-state index contributed by atoms with van der Waals surface area (Å²) in [5.41, 5.74) is -1.05. The predicted octanol–water partition coefficient (Wildman–Crippen LogP) is 1.68. The number of carbonyl (C=O) groups excluding carboxylic acids is 2. The maximum absolute atomic E-state index is 11.8. The van der Waals surface area contributed by atoms with E-state index in [1.165, 1.54) is 6.92 Å². The molecule has 0 amide bonds. The van der Waals surface area contributed by atoms with E-state index in [2.05, 4.69) is 6.58 Å². The molecule has 0 aromatic carbocycles. The number of unbranched alkanes of at least 4 members (excludes halogenated alkanes) is 1. The summed E-state index contributed by atoms with van der Waals surface area (Å²) in [4.78, 5) is 34.8. The van der Waals surface area contributed by atoms with E-state index in [4.69, 9.17) is 9.47 Å². The smallest absolute Gasteiger partial charge is 0.349 e. The largest absolute Gasteiger partial charge is 0.481 e. The Kier molecular flexibility index (Phi) is 4.92. The maximum Gasteiger partial charge on any atom is 0.349 e. The van der Waals surface area contributed by atoms with Gasteiger partial charge in [0.15, 0.2) is 0 Å². The van der Waals surface area contributed by atoms with Crippen molar-refractivity contribution >= 4 is 17.9 Å². The van der Waals surface area contributed by atoms with Crippen LogP contribution in [0.4, 0.5) is 0 Å². The average molecular weight is 284 g/mol. The van der Waals surface area contributed by atoms with E-state index in [9.17, 15) is 19.5 Å². The molecule has 1 aliphatic rings. The fourth-order valence-corrected chi connectivity index (χ4v) is 2.26. The van der Waals surface area contributed by atoms with Gasteiger partial charge in [0.1, 0.15) is 11.5 Å². The number of hydrogen-bond acceptors (Lipinski definition) is 5. The Labute approximate surface area is 117 Å². The van der Waals surface area contributed by atoms with Gasteiger partial charge in [-0.25, -0.2) is 9.59 Å². The zero-order valence-corrected chi connectivity index (χ0v) is 12.0. The second-order valence-corrected chi connectivity index (χ2v) is 5.26. The molecule has 112 valence electrons. The topological polar surface area (TPSA) is 89.9 Å². The van der Waals surface area contributed by atoms with E-state index in [0.29, 0.717) is 12.8 Å². The first-order chi connectivity index (χ1) is 9.23. The molecule has 0 aromatic rings. The Hall–Kier alpha value is -1.85. The van der Waals surface area contributed by atoms with Crippen molar-refractivity contribution < 1.29 is 29.0 Å². The van der Waals surface area contributed by atoms with E-state index >= 15 is 0 Å². The quantitative estimate of drug-likeness (QED) is 0.589. The molecule has 0 aliphatic carbocycles. The van der Waals surface area contributed by atoms with Gasteiger partial charge in [-0.15, -0.1) is 0 Å². The molecule has 20 heavy (non-hydrogen) atoms.